The van der Waals surface area contributed by atoms with Crippen molar-refractivity contribution in [3.63, 3.8) is 0 Å². The molecule has 3 N–H and O–H groups in total. The second-order valence-corrected chi connectivity index (χ2v) is 5.60. The summed E-state index contributed by atoms with van der Waals surface area (Å²) in [7, 11) is 0. The van der Waals surface area contributed by atoms with Crippen LogP contribution in [-0.4, -0.2) is 23.3 Å². The molecule has 0 bridgehead atoms. The van der Waals surface area contributed by atoms with Gasteiger partial charge in [-0.1, -0.05) is 17.7 Å². The third-order valence-corrected chi connectivity index (χ3v) is 3.45. The Hall–Kier alpha value is -3.10. The summed E-state index contributed by atoms with van der Waals surface area (Å²) in [6.45, 7) is 3.76. The van der Waals surface area contributed by atoms with Gasteiger partial charge >= 0.3 is 6.18 Å². The van der Waals surface area contributed by atoms with E-state index in [1.165, 1.54) is 0 Å². The number of benzene rings is 1. The van der Waals surface area contributed by atoms with Gasteiger partial charge in [-0.15, -0.1) is 0 Å². The van der Waals surface area contributed by atoms with Gasteiger partial charge in [0, 0.05) is 11.9 Å². The van der Waals surface area contributed by atoms with Crippen molar-refractivity contribution in [2.75, 3.05) is 11.9 Å². The van der Waals surface area contributed by atoms with E-state index in [1.807, 2.05) is 32.0 Å². The highest BCUT2D eigenvalue weighted by molar-refractivity contribution is 5.95. The van der Waals surface area contributed by atoms with Gasteiger partial charge in [0.15, 0.2) is 0 Å². The molecule has 2 rings (SSSR count). The minimum Gasteiger partial charge on any atom is -0.376 e. The molecule has 0 aliphatic carbocycles. The van der Waals surface area contributed by atoms with E-state index in [0.717, 1.165) is 29.1 Å². The molecule has 2 amide bonds. The largest absolute Gasteiger partial charge is 0.433 e. The topological polar surface area (TPSA) is 83.1 Å². The number of hydrogen-bond donors (Lipinski definition) is 3. The molecule has 0 aliphatic rings. The van der Waals surface area contributed by atoms with Crippen molar-refractivity contribution >= 4 is 17.5 Å². The van der Waals surface area contributed by atoms with Crippen molar-refractivity contribution in [1.29, 1.82) is 0 Å². The quantitative estimate of drug-likeness (QED) is 0.727. The second-order valence-electron chi connectivity index (χ2n) is 5.60. The Balaban J connectivity index is 1.84. The molecule has 0 fully saturated rings. The number of amides is 2. The maximum atomic E-state index is 12.4. The fraction of sp³-hybridized carbons (Fsp3) is 0.235. The molecule has 2 aromatic rings. The van der Waals surface area contributed by atoms with Crippen molar-refractivity contribution < 1.29 is 22.8 Å². The predicted molar refractivity (Wildman–Crippen MR) is 89.3 cm³/mol. The first kappa shape index (κ1) is 19.2. The minimum absolute atomic E-state index is 0.0879. The first-order chi connectivity index (χ1) is 12.2. The van der Waals surface area contributed by atoms with Gasteiger partial charge in [-0.2, -0.15) is 13.2 Å². The number of aromatic nitrogens is 1. The number of nitrogens with zero attached hydrogens (tertiary/aromatic N) is 1. The number of nitrogens with one attached hydrogen (secondary N) is 3. The summed E-state index contributed by atoms with van der Waals surface area (Å²) >= 11 is 0. The van der Waals surface area contributed by atoms with Crippen LogP contribution in [0, 0.1) is 13.8 Å². The van der Waals surface area contributed by atoms with Gasteiger partial charge in [-0.25, -0.2) is 0 Å². The van der Waals surface area contributed by atoms with Gasteiger partial charge in [0.1, 0.15) is 5.69 Å². The minimum atomic E-state index is -4.58. The van der Waals surface area contributed by atoms with E-state index in [-0.39, 0.29) is 12.1 Å². The highest BCUT2D eigenvalue weighted by Crippen LogP contribution is 2.27. The summed E-state index contributed by atoms with van der Waals surface area (Å²) in [4.78, 5) is 26.8. The number of pyridine rings is 1. The Morgan fingerprint density at radius 1 is 1.08 bits per heavy atom. The third kappa shape index (κ3) is 5.20. The lowest BCUT2D eigenvalue weighted by molar-refractivity contribution is -0.141. The van der Waals surface area contributed by atoms with Crippen LogP contribution in [0.4, 0.5) is 18.9 Å². The molecule has 0 unspecified atom stereocenters. The van der Waals surface area contributed by atoms with Crippen LogP contribution in [0.5, 0.6) is 0 Å². The van der Waals surface area contributed by atoms with Crippen LogP contribution >= 0.6 is 0 Å². The first-order valence-corrected chi connectivity index (χ1v) is 7.60. The molecular weight excluding hydrogens is 349 g/mol. The molecule has 1 aromatic carbocycles. The Bertz CT molecular complexity index is 805. The van der Waals surface area contributed by atoms with Gasteiger partial charge in [0.25, 0.3) is 11.8 Å². The van der Waals surface area contributed by atoms with E-state index in [9.17, 15) is 22.8 Å². The zero-order valence-corrected chi connectivity index (χ0v) is 14.1. The Morgan fingerprint density at radius 3 is 2.38 bits per heavy atom. The normalized spacial score (nSPS) is 11.0. The van der Waals surface area contributed by atoms with Crippen LogP contribution in [0.2, 0.25) is 0 Å². The molecule has 0 spiro atoms. The van der Waals surface area contributed by atoms with Crippen LogP contribution in [-0.2, 0) is 11.0 Å². The first-order valence-electron chi connectivity index (χ1n) is 7.60. The lowest BCUT2D eigenvalue weighted by Crippen LogP contribution is -2.44. The molecule has 0 saturated carbocycles. The molecular formula is C17H17F3N4O2. The van der Waals surface area contributed by atoms with E-state index < -0.39 is 23.7 Å². The number of alkyl halides is 3. The Labute approximate surface area is 147 Å². The van der Waals surface area contributed by atoms with Crippen molar-refractivity contribution in [3.05, 3.63) is 58.9 Å². The van der Waals surface area contributed by atoms with Gasteiger partial charge in [0.05, 0.1) is 12.1 Å². The number of carbonyl (C=O) groups is 2. The smallest absolute Gasteiger partial charge is 0.376 e. The van der Waals surface area contributed by atoms with E-state index in [2.05, 4.69) is 21.2 Å². The summed E-state index contributed by atoms with van der Waals surface area (Å²) < 4.78 is 37.3. The summed E-state index contributed by atoms with van der Waals surface area (Å²) in [6, 6.07) is 7.36. The van der Waals surface area contributed by atoms with Gasteiger partial charge < -0.3 is 5.32 Å². The fourth-order valence-electron chi connectivity index (χ4n) is 2.13. The number of hydrogen-bond acceptors (Lipinski definition) is 4. The average Bonchev–Trinajstić information content (AvgIpc) is 2.58. The number of hydrazine groups is 1. The average molecular weight is 366 g/mol. The summed E-state index contributed by atoms with van der Waals surface area (Å²) in [5.41, 5.74) is 5.93. The highest BCUT2D eigenvalue weighted by Gasteiger charge is 2.32. The number of aryl methyl sites for hydroxylation is 2. The van der Waals surface area contributed by atoms with Crippen LogP contribution in [0.1, 0.15) is 27.2 Å². The number of halogens is 3. The highest BCUT2D eigenvalue weighted by atomic mass is 19.4. The van der Waals surface area contributed by atoms with Crippen molar-refractivity contribution in [2.24, 2.45) is 0 Å². The van der Waals surface area contributed by atoms with E-state index in [1.54, 1.807) is 0 Å². The van der Waals surface area contributed by atoms with Crippen LogP contribution < -0.4 is 16.2 Å². The summed E-state index contributed by atoms with van der Waals surface area (Å²) in [5, 5.41) is 2.93. The molecule has 0 radical (unpaired) electrons. The number of anilines is 1. The second kappa shape index (κ2) is 7.85. The zero-order valence-electron chi connectivity index (χ0n) is 14.1. The van der Waals surface area contributed by atoms with Crippen molar-refractivity contribution in [3.8, 4) is 0 Å². The maximum Gasteiger partial charge on any atom is 0.433 e. The van der Waals surface area contributed by atoms with Crippen molar-refractivity contribution in [1.82, 2.24) is 15.8 Å². The molecule has 138 valence electrons. The lowest BCUT2D eigenvalue weighted by Gasteiger charge is -2.11. The van der Waals surface area contributed by atoms with E-state index in [4.69, 9.17) is 0 Å². The molecule has 1 aromatic heterocycles. The van der Waals surface area contributed by atoms with Gasteiger partial charge in [-0.05, 0) is 37.6 Å². The molecule has 0 aliphatic heterocycles. The molecule has 26 heavy (non-hydrogen) atoms. The van der Waals surface area contributed by atoms with Crippen LogP contribution in [0.25, 0.3) is 0 Å². The molecule has 6 nitrogen and oxygen atoms in total. The van der Waals surface area contributed by atoms with Gasteiger partial charge in [0.2, 0.25) is 0 Å². The van der Waals surface area contributed by atoms with Crippen LogP contribution in [0.15, 0.2) is 36.5 Å². The molecule has 0 saturated heterocycles. The lowest BCUT2D eigenvalue weighted by atomic mass is 10.1. The summed E-state index contributed by atoms with van der Waals surface area (Å²) in [5.74, 6) is -1.29. The predicted octanol–water partition coefficient (Wildman–Crippen LogP) is 2.59. The van der Waals surface area contributed by atoms with Crippen LogP contribution in [0.3, 0.4) is 0 Å². The number of rotatable bonds is 4. The monoisotopic (exact) mass is 366 g/mol. The molecule has 9 heteroatoms. The summed E-state index contributed by atoms with van der Waals surface area (Å²) in [6.07, 6.45) is -3.79. The standard InChI is InChI=1S/C17H17F3N4O2/c1-10-3-5-13(11(2)7-10)21-9-15(25)23-24-16(26)12-4-6-14(22-8-12)17(18,19)20/h3-8,21H,9H2,1-2H3,(H,23,25)(H,24,26). The Morgan fingerprint density at radius 2 is 1.81 bits per heavy atom. The molecule has 0 atom stereocenters. The third-order valence-electron chi connectivity index (χ3n) is 3.45. The van der Waals surface area contributed by atoms with Gasteiger partial charge in [-0.3, -0.25) is 25.4 Å². The van der Waals surface area contributed by atoms with E-state index >= 15 is 0 Å². The van der Waals surface area contributed by atoms with Crippen molar-refractivity contribution in [2.45, 2.75) is 20.0 Å². The fourth-order valence-corrected chi connectivity index (χ4v) is 2.13. The maximum absolute atomic E-state index is 12.4. The number of carbonyl (C=O) groups excluding carboxylic acids is 2. The SMILES string of the molecule is Cc1ccc(NCC(=O)NNC(=O)c2ccc(C(F)(F)F)nc2)c(C)c1. The van der Waals surface area contributed by atoms with E-state index in [0.29, 0.717) is 6.07 Å². The zero-order chi connectivity index (χ0) is 19.3. The Kier molecular flexibility index (Phi) is 5.81. The molecule has 1 heterocycles.